The number of carbonyl (C=O) groups excluding carboxylic acids is 1. The van der Waals surface area contributed by atoms with E-state index in [-0.39, 0.29) is 6.42 Å². The minimum absolute atomic E-state index is 0.220. The summed E-state index contributed by atoms with van der Waals surface area (Å²) in [6.07, 6.45) is -0.220. The van der Waals surface area contributed by atoms with E-state index in [9.17, 15) is 9.18 Å². The van der Waals surface area contributed by atoms with Crippen LogP contribution in [0.15, 0.2) is 12.4 Å². The lowest BCUT2D eigenvalue weighted by molar-refractivity contribution is -0.161. The third-order valence-corrected chi connectivity index (χ3v) is 1.42. The number of ether oxygens (including phenoxy) is 1. The van der Waals surface area contributed by atoms with E-state index in [2.05, 4.69) is 6.58 Å². The van der Waals surface area contributed by atoms with Gasteiger partial charge in [0, 0.05) is 6.42 Å². The maximum Gasteiger partial charge on any atom is 0.326 e. The van der Waals surface area contributed by atoms with Crippen LogP contribution in [0.2, 0.25) is 0 Å². The summed E-state index contributed by atoms with van der Waals surface area (Å²) >= 11 is 0. The first-order valence-corrected chi connectivity index (χ1v) is 4.40. The van der Waals surface area contributed by atoms with Crippen LogP contribution in [0.5, 0.6) is 0 Å². The highest BCUT2D eigenvalue weighted by molar-refractivity contribution is 5.80. The van der Waals surface area contributed by atoms with Gasteiger partial charge in [-0.25, -0.2) is 4.39 Å². The average molecular weight is 203 g/mol. The first-order chi connectivity index (χ1) is 6.04. The van der Waals surface area contributed by atoms with Crippen LogP contribution >= 0.6 is 0 Å². The molecule has 0 bridgehead atoms. The fourth-order valence-corrected chi connectivity index (χ4v) is 0.865. The van der Waals surface area contributed by atoms with Crippen molar-refractivity contribution in [3.05, 3.63) is 12.4 Å². The molecule has 0 fully saturated rings. The molecule has 14 heavy (non-hydrogen) atoms. The number of hydrogen-bond acceptors (Lipinski definition) is 3. The monoisotopic (exact) mass is 203 g/mol. The van der Waals surface area contributed by atoms with Gasteiger partial charge in [0.2, 0.25) is 0 Å². The highest BCUT2D eigenvalue weighted by Crippen LogP contribution is 2.18. The molecule has 0 aromatic carbocycles. The Balaban J connectivity index is 4.44. The predicted octanol–water partition coefficient (Wildman–Crippen LogP) is 1.92. The maximum absolute atomic E-state index is 12.5. The van der Waals surface area contributed by atoms with Crippen LogP contribution in [0.4, 0.5) is 4.39 Å². The van der Waals surface area contributed by atoms with Gasteiger partial charge in [-0.3, -0.25) is 4.79 Å². The van der Waals surface area contributed by atoms with Gasteiger partial charge in [-0.05, 0) is 27.7 Å². The van der Waals surface area contributed by atoms with E-state index >= 15 is 0 Å². The second-order valence-electron chi connectivity index (χ2n) is 4.61. The van der Waals surface area contributed by atoms with Crippen LogP contribution in [0.1, 0.15) is 34.1 Å². The van der Waals surface area contributed by atoms with Crippen molar-refractivity contribution >= 4 is 5.97 Å². The number of carbonyl (C=O) groups is 1. The molecule has 0 rings (SSSR count). The zero-order valence-electron chi connectivity index (χ0n) is 9.19. The van der Waals surface area contributed by atoms with Crippen LogP contribution in [0.25, 0.3) is 0 Å². The lowest BCUT2D eigenvalue weighted by atomic mass is 9.98. The average Bonchev–Trinajstić information content (AvgIpc) is 1.79. The molecule has 3 nitrogen and oxygen atoms in total. The molecule has 82 valence electrons. The Hall–Kier alpha value is -0.900. The molecule has 4 heteroatoms. The molecule has 0 aliphatic rings. The second kappa shape index (κ2) is 4.09. The Labute approximate surface area is 84.1 Å². The van der Waals surface area contributed by atoms with Gasteiger partial charge in [-0.1, -0.05) is 6.58 Å². The first kappa shape index (κ1) is 13.1. The standard InChI is InChI=1S/C10H18FNO2/c1-7(11)6-10(5,12)8(13)14-9(2,3)4/h1,6,12H2,2-5H3. The molecule has 0 aliphatic carbocycles. The zero-order valence-corrected chi connectivity index (χ0v) is 9.19. The van der Waals surface area contributed by atoms with Crippen molar-refractivity contribution in [2.24, 2.45) is 5.73 Å². The molecule has 0 aromatic rings. The van der Waals surface area contributed by atoms with Crippen molar-refractivity contribution in [1.29, 1.82) is 0 Å². The van der Waals surface area contributed by atoms with E-state index in [1.165, 1.54) is 6.92 Å². The Bertz CT molecular complexity index is 241. The molecule has 0 amide bonds. The molecule has 0 aliphatic heterocycles. The van der Waals surface area contributed by atoms with Crippen LogP contribution in [0.3, 0.4) is 0 Å². The Morgan fingerprint density at radius 3 is 2.14 bits per heavy atom. The van der Waals surface area contributed by atoms with E-state index in [1.807, 2.05) is 0 Å². The number of halogens is 1. The Morgan fingerprint density at radius 2 is 1.86 bits per heavy atom. The van der Waals surface area contributed by atoms with Crippen LogP contribution in [-0.2, 0) is 9.53 Å². The Kier molecular flexibility index (Phi) is 3.82. The van der Waals surface area contributed by atoms with Crippen LogP contribution in [0, 0.1) is 0 Å². The summed E-state index contributed by atoms with van der Waals surface area (Å²) in [5.41, 5.74) is 3.63. The summed E-state index contributed by atoms with van der Waals surface area (Å²) in [7, 11) is 0. The number of rotatable bonds is 3. The molecule has 0 saturated carbocycles. The predicted molar refractivity (Wildman–Crippen MR) is 53.3 cm³/mol. The topological polar surface area (TPSA) is 52.3 Å². The summed E-state index contributed by atoms with van der Waals surface area (Å²) in [5.74, 6) is -1.25. The molecule has 0 radical (unpaired) electrons. The van der Waals surface area contributed by atoms with Crippen molar-refractivity contribution in [3.8, 4) is 0 Å². The lowest BCUT2D eigenvalue weighted by Gasteiger charge is -2.27. The molecular weight excluding hydrogens is 185 g/mol. The minimum atomic E-state index is -1.35. The molecule has 1 atom stereocenters. The Morgan fingerprint density at radius 1 is 1.43 bits per heavy atom. The summed E-state index contributed by atoms with van der Waals surface area (Å²) in [5, 5.41) is 0. The summed E-state index contributed by atoms with van der Waals surface area (Å²) in [6.45, 7) is 9.67. The zero-order chi connectivity index (χ0) is 11.6. The van der Waals surface area contributed by atoms with Gasteiger partial charge in [0.25, 0.3) is 0 Å². The largest absolute Gasteiger partial charge is 0.459 e. The van der Waals surface area contributed by atoms with Crippen molar-refractivity contribution in [2.45, 2.75) is 45.3 Å². The van der Waals surface area contributed by atoms with Gasteiger partial charge in [0.15, 0.2) is 0 Å². The van der Waals surface area contributed by atoms with Gasteiger partial charge in [0.1, 0.15) is 11.1 Å². The van der Waals surface area contributed by atoms with Crippen molar-refractivity contribution in [3.63, 3.8) is 0 Å². The summed E-state index contributed by atoms with van der Waals surface area (Å²) in [6, 6.07) is 0. The molecule has 0 aromatic heterocycles. The normalized spacial score (nSPS) is 15.9. The highest BCUT2D eigenvalue weighted by Gasteiger charge is 2.33. The smallest absolute Gasteiger partial charge is 0.326 e. The molecule has 2 N–H and O–H groups in total. The number of hydrogen-bond donors (Lipinski definition) is 1. The fraction of sp³-hybridized carbons (Fsp3) is 0.700. The van der Waals surface area contributed by atoms with Crippen molar-refractivity contribution in [2.75, 3.05) is 0 Å². The lowest BCUT2D eigenvalue weighted by Crippen LogP contribution is -2.48. The van der Waals surface area contributed by atoms with Crippen LogP contribution in [-0.4, -0.2) is 17.1 Å². The third kappa shape index (κ3) is 4.97. The quantitative estimate of drug-likeness (QED) is 0.713. The highest BCUT2D eigenvalue weighted by atomic mass is 19.1. The van der Waals surface area contributed by atoms with E-state index in [1.54, 1.807) is 20.8 Å². The molecular formula is C10H18FNO2. The van der Waals surface area contributed by atoms with Crippen molar-refractivity contribution < 1.29 is 13.9 Å². The fourth-order valence-electron chi connectivity index (χ4n) is 0.865. The van der Waals surface area contributed by atoms with Crippen molar-refractivity contribution in [1.82, 2.24) is 0 Å². The van der Waals surface area contributed by atoms with E-state index in [0.717, 1.165) is 0 Å². The van der Waals surface area contributed by atoms with Crippen LogP contribution < -0.4 is 5.73 Å². The van der Waals surface area contributed by atoms with Gasteiger partial charge in [0.05, 0.1) is 5.83 Å². The number of nitrogens with two attached hydrogens (primary N) is 1. The van der Waals surface area contributed by atoms with Gasteiger partial charge in [-0.2, -0.15) is 0 Å². The maximum atomic E-state index is 12.5. The molecule has 0 spiro atoms. The van der Waals surface area contributed by atoms with Gasteiger partial charge in [-0.15, -0.1) is 0 Å². The molecule has 0 heterocycles. The summed E-state index contributed by atoms with van der Waals surface area (Å²) < 4.78 is 17.5. The third-order valence-electron chi connectivity index (χ3n) is 1.42. The van der Waals surface area contributed by atoms with Gasteiger partial charge >= 0.3 is 5.97 Å². The summed E-state index contributed by atoms with van der Waals surface area (Å²) in [4.78, 5) is 11.5. The number of esters is 1. The van der Waals surface area contributed by atoms with Gasteiger partial charge < -0.3 is 10.5 Å². The van der Waals surface area contributed by atoms with E-state index < -0.39 is 22.9 Å². The first-order valence-electron chi connectivity index (χ1n) is 4.40. The van der Waals surface area contributed by atoms with E-state index in [0.29, 0.717) is 0 Å². The van der Waals surface area contributed by atoms with E-state index in [4.69, 9.17) is 10.5 Å². The second-order valence-corrected chi connectivity index (χ2v) is 4.61. The minimum Gasteiger partial charge on any atom is -0.459 e. The molecule has 0 saturated heterocycles. The SMILES string of the molecule is C=C(F)CC(C)(N)C(=O)OC(C)(C)C. The molecule has 1 unspecified atom stereocenters.